The fourth-order valence-corrected chi connectivity index (χ4v) is 3.31. The maximum Gasteiger partial charge on any atom is 0.182 e. The van der Waals surface area contributed by atoms with Crippen LogP contribution < -0.4 is 0 Å². The van der Waals surface area contributed by atoms with Crippen molar-refractivity contribution in [2.45, 2.75) is 20.8 Å². The fraction of sp³-hybridized carbons (Fsp3) is 0.278. The summed E-state index contributed by atoms with van der Waals surface area (Å²) in [5, 5.41) is 0. The normalized spacial score (nSPS) is 11.4. The second-order valence-corrected chi connectivity index (χ2v) is 6.68. The lowest BCUT2D eigenvalue weighted by molar-refractivity contribution is 0.108. The second kappa shape index (κ2) is 6.81. The van der Waals surface area contributed by atoms with E-state index >= 15 is 0 Å². The predicted molar refractivity (Wildman–Crippen MR) is 89.0 cm³/mol. The first kappa shape index (κ1) is 14.9. The van der Waals surface area contributed by atoms with Crippen molar-refractivity contribution in [1.29, 1.82) is 0 Å². The third kappa shape index (κ3) is 3.55. The molecule has 20 heavy (non-hydrogen) atoms. The molecule has 0 aliphatic carbocycles. The van der Waals surface area contributed by atoms with Gasteiger partial charge in [0.25, 0.3) is 0 Å². The summed E-state index contributed by atoms with van der Waals surface area (Å²) in [5.74, 6) is 0.571. The summed E-state index contributed by atoms with van der Waals surface area (Å²) in [6, 6.07) is 16.3. The van der Waals surface area contributed by atoms with Crippen LogP contribution in [0.3, 0.4) is 0 Å². The van der Waals surface area contributed by atoms with Crippen molar-refractivity contribution in [3.8, 4) is 11.1 Å². The van der Waals surface area contributed by atoms with Gasteiger partial charge in [0.1, 0.15) is 0 Å². The molecule has 0 saturated carbocycles. The largest absolute Gasteiger partial charge is 0.289 e. The average Bonchev–Trinajstić information content (AvgIpc) is 2.45. The lowest BCUT2D eigenvalue weighted by Crippen LogP contribution is -2.02. The van der Waals surface area contributed by atoms with Crippen LogP contribution in [0.4, 0.5) is 0 Å². The Bertz CT molecular complexity index is 588. The van der Waals surface area contributed by atoms with Gasteiger partial charge in [-0.25, -0.2) is 0 Å². The summed E-state index contributed by atoms with van der Waals surface area (Å²) >= 11 is 0. The van der Waals surface area contributed by atoms with Crippen LogP contribution in [0, 0.1) is 12.8 Å². The molecule has 1 atom stereocenters. The van der Waals surface area contributed by atoms with E-state index in [0.29, 0.717) is 14.5 Å². The van der Waals surface area contributed by atoms with Gasteiger partial charge in [0.15, 0.2) is 5.52 Å². The minimum atomic E-state index is 0.288. The van der Waals surface area contributed by atoms with Gasteiger partial charge in [-0.15, -0.1) is 0 Å². The van der Waals surface area contributed by atoms with E-state index in [1.54, 1.807) is 0 Å². The molecule has 2 rings (SSSR count). The molecule has 104 valence electrons. The van der Waals surface area contributed by atoms with Crippen LogP contribution in [0.2, 0.25) is 0 Å². The van der Waals surface area contributed by atoms with E-state index in [1.807, 2.05) is 37.3 Å². The van der Waals surface area contributed by atoms with Crippen LogP contribution in [-0.4, -0.2) is 11.7 Å². The third-order valence-electron chi connectivity index (χ3n) is 3.26. The Morgan fingerprint density at radius 3 is 2.40 bits per heavy atom. The van der Waals surface area contributed by atoms with Crippen molar-refractivity contribution in [1.82, 2.24) is 0 Å². The summed E-state index contributed by atoms with van der Waals surface area (Å²) < 4.78 is 0. The maximum absolute atomic E-state index is 12.6. The number of hydrogen-bond donors (Lipinski definition) is 0. The fourth-order valence-electron chi connectivity index (χ4n) is 2.21. The first-order valence-electron chi connectivity index (χ1n) is 7.03. The van der Waals surface area contributed by atoms with Crippen molar-refractivity contribution < 1.29 is 4.79 Å². The Labute approximate surface area is 123 Å². The van der Waals surface area contributed by atoms with E-state index in [4.69, 9.17) is 0 Å². The second-order valence-electron chi connectivity index (χ2n) is 5.47. The standard InChI is InChI=1S/C18H21OP/c1-13(2)12-20-18(19)17-14(3)8-7-11-16(17)15-9-5-4-6-10-15/h4-11,13,20H,12H2,1-3H3. The third-order valence-corrected chi connectivity index (χ3v) is 4.85. The molecule has 1 nitrogen and oxygen atoms in total. The smallest absolute Gasteiger partial charge is 0.182 e. The van der Waals surface area contributed by atoms with Crippen molar-refractivity contribution in [3.05, 3.63) is 59.7 Å². The number of carbonyl (C=O) groups is 1. The molecule has 0 fully saturated rings. The molecule has 0 spiro atoms. The number of hydrogen-bond acceptors (Lipinski definition) is 1. The zero-order chi connectivity index (χ0) is 14.5. The molecule has 2 heteroatoms. The maximum atomic E-state index is 12.6. The van der Waals surface area contributed by atoms with Gasteiger partial charge in [-0.05, 0) is 44.3 Å². The first-order valence-corrected chi connectivity index (χ1v) is 8.23. The van der Waals surface area contributed by atoms with Crippen molar-refractivity contribution >= 4 is 14.1 Å². The Kier molecular flexibility index (Phi) is 5.09. The van der Waals surface area contributed by atoms with Crippen molar-refractivity contribution in [2.24, 2.45) is 5.92 Å². The Morgan fingerprint density at radius 1 is 1.05 bits per heavy atom. The van der Waals surface area contributed by atoms with E-state index < -0.39 is 0 Å². The molecule has 0 aliphatic rings. The Morgan fingerprint density at radius 2 is 1.75 bits per heavy atom. The highest BCUT2D eigenvalue weighted by molar-refractivity contribution is 7.58. The van der Waals surface area contributed by atoms with E-state index in [0.717, 1.165) is 28.4 Å². The van der Waals surface area contributed by atoms with Gasteiger partial charge >= 0.3 is 0 Å². The van der Waals surface area contributed by atoms with Crippen LogP contribution >= 0.6 is 8.58 Å². The van der Waals surface area contributed by atoms with Crippen molar-refractivity contribution in [3.63, 3.8) is 0 Å². The van der Waals surface area contributed by atoms with E-state index in [-0.39, 0.29) is 5.52 Å². The molecule has 2 aromatic carbocycles. The lowest BCUT2D eigenvalue weighted by Gasteiger charge is -2.12. The molecule has 1 unspecified atom stereocenters. The SMILES string of the molecule is Cc1cccc(-c2ccccc2)c1C(=O)PCC(C)C. The van der Waals surface area contributed by atoms with Crippen LogP contribution in [0.15, 0.2) is 48.5 Å². The number of benzene rings is 2. The molecule has 0 aliphatic heterocycles. The van der Waals surface area contributed by atoms with Crippen LogP contribution in [0.5, 0.6) is 0 Å². The van der Waals surface area contributed by atoms with E-state index in [2.05, 4.69) is 32.0 Å². The van der Waals surface area contributed by atoms with Gasteiger partial charge in [-0.3, -0.25) is 4.79 Å². The first-order chi connectivity index (χ1) is 9.59. The van der Waals surface area contributed by atoms with Crippen LogP contribution in [0.25, 0.3) is 11.1 Å². The number of carbonyl (C=O) groups excluding carboxylic acids is 1. The Hall–Kier alpha value is -1.46. The van der Waals surface area contributed by atoms with Gasteiger partial charge < -0.3 is 0 Å². The molecule has 0 radical (unpaired) electrons. The monoisotopic (exact) mass is 284 g/mol. The zero-order valence-electron chi connectivity index (χ0n) is 12.3. The van der Waals surface area contributed by atoms with Gasteiger partial charge in [0, 0.05) is 5.56 Å². The number of aryl methyl sites for hydroxylation is 1. The molecular formula is C18H21OP. The average molecular weight is 284 g/mol. The summed E-state index contributed by atoms with van der Waals surface area (Å²) in [5.41, 5.74) is 4.45. The number of rotatable bonds is 5. The van der Waals surface area contributed by atoms with Gasteiger partial charge in [-0.1, -0.05) is 62.4 Å². The summed E-state index contributed by atoms with van der Waals surface area (Å²) in [6.45, 7) is 6.35. The van der Waals surface area contributed by atoms with Gasteiger partial charge in [0.2, 0.25) is 0 Å². The topological polar surface area (TPSA) is 17.1 Å². The van der Waals surface area contributed by atoms with E-state index in [1.165, 1.54) is 0 Å². The lowest BCUT2D eigenvalue weighted by atomic mass is 9.97. The van der Waals surface area contributed by atoms with E-state index in [9.17, 15) is 4.79 Å². The van der Waals surface area contributed by atoms with Gasteiger partial charge in [0.05, 0.1) is 0 Å². The van der Waals surface area contributed by atoms with Crippen LogP contribution in [0.1, 0.15) is 29.8 Å². The summed E-state index contributed by atoms with van der Waals surface area (Å²) in [4.78, 5) is 12.6. The molecule has 0 amide bonds. The molecule has 0 N–H and O–H groups in total. The molecular weight excluding hydrogens is 263 g/mol. The quantitative estimate of drug-likeness (QED) is 0.695. The highest BCUT2D eigenvalue weighted by atomic mass is 31.1. The molecule has 2 aromatic rings. The molecule has 0 heterocycles. The minimum absolute atomic E-state index is 0.288. The molecule has 0 bridgehead atoms. The predicted octanol–water partition coefficient (Wildman–Crippen LogP) is 5.14. The molecule has 0 aromatic heterocycles. The summed E-state index contributed by atoms with van der Waals surface area (Å²) in [6.07, 6.45) is 0.974. The van der Waals surface area contributed by atoms with Crippen LogP contribution in [-0.2, 0) is 0 Å². The highest BCUT2D eigenvalue weighted by Gasteiger charge is 2.15. The van der Waals surface area contributed by atoms with Gasteiger partial charge in [-0.2, -0.15) is 0 Å². The highest BCUT2D eigenvalue weighted by Crippen LogP contribution is 2.32. The minimum Gasteiger partial charge on any atom is -0.289 e. The zero-order valence-corrected chi connectivity index (χ0v) is 13.3. The molecule has 0 saturated heterocycles. The Balaban J connectivity index is 2.39. The van der Waals surface area contributed by atoms with Crippen molar-refractivity contribution in [2.75, 3.05) is 6.16 Å². The summed E-state index contributed by atoms with van der Waals surface area (Å²) in [7, 11) is 0.363.